The molecule has 4 heteroatoms. The fourth-order valence-electron chi connectivity index (χ4n) is 9.82. The predicted octanol–water partition coefficient (Wildman–Crippen LogP) is 16.5. The molecule has 0 unspecified atom stereocenters. The number of fused-ring (bicyclic) bond motifs is 10. The molecule has 290 valence electrons. The number of hydrogen-bond acceptors (Lipinski definition) is 3. The first kappa shape index (κ1) is 34.5. The Kier molecular flexibility index (Phi) is 7.57. The van der Waals surface area contributed by atoms with Crippen molar-refractivity contribution in [2.75, 3.05) is 4.90 Å². The van der Waals surface area contributed by atoms with Gasteiger partial charge in [-0.05, 0) is 106 Å². The highest BCUT2D eigenvalue weighted by atomic mass is 16.3. The number of aromatic nitrogens is 1. The molecule has 0 fully saturated rings. The molecule has 0 amide bonds. The van der Waals surface area contributed by atoms with Gasteiger partial charge in [0.15, 0.2) is 0 Å². The number of rotatable bonds is 6. The van der Waals surface area contributed by atoms with Crippen molar-refractivity contribution < 1.29 is 8.83 Å². The van der Waals surface area contributed by atoms with E-state index in [-0.39, 0.29) is 0 Å². The average Bonchev–Trinajstić information content (AvgIpc) is 4.01. The Labute approximate surface area is 356 Å². The van der Waals surface area contributed by atoms with Crippen LogP contribution in [0.3, 0.4) is 0 Å². The molecule has 0 aliphatic heterocycles. The number of benzene rings is 10. The molecule has 0 saturated heterocycles. The third-order valence-corrected chi connectivity index (χ3v) is 12.5. The minimum Gasteiger partial charge on any atom is -0.456 e. The minimum absolute atomic E-state index is 0.847. The van der Waals surface area contributed by atoms with Gasteiger partial charge in [0.2, 0.25) is 0 Å². The summed E-state index contributed by atoms with van der Waals surface area (Å²) in [5.41, 5.74) is 14.3. The van der Waals surface area contributed by atoms with Gasteiger partial charge < -0.3 is 18.3 Å². The van der Waals surface area contributed by atoms with E-state index in [0.717, 1.165) is 88.9 Å². The van der Waals surface area contributed by atoms with E-state index in [9.17, 15) is 0 Å². The van der Waals surface area contributed by atoms with Crippen molar-refractivity contribution in [3.63, 3.8) is 0 Å². The van der Waals surface area contributed by atoms with Crippen LogP contribution in [0.4, 0.5) is 17.1 Å². The van der Waals surface area contributed by atoms with E-state index in [1.807, 2.05) is 18.2 Å². The molecule has 13 aromatic rings. The van der Waals surface area contributed by atoms with Crippen LogP contribution in [0, 0.1) is 0 Å². The lowest BCUT2D eigenvalue weighted by Crippen LogP contribution is -2.11. The molecular weight excluding hydrogens is 757 g/mol. The van der Waals surface area contributed by atoms with E-state index in [1.54, 1.807) is 0 Å². The van der Waals surface area contributed by atoms with Crippen molar-refractivity contribution in [3.05, 3.63) is 218 Å². The van der Waals surface area contributed by atoms with Crippen LogP contribution in [0.2, 0.25) is 0 Å². The lowest BCUT2D eigenvalue weighted by atomic mass is 9.96. The van der Waals surface area contributed by atoms with E-state index in [1.165, 1.54) is 32.6 Å². The van der Waals surface area contributed by atoms with E-state index < -0.39 is 0 Å². The van der Waals surface area contributed by atoms with Gasteiger partial charge in [-0.25, -0.2) is 0 Å². The molecule has 0 radical (unpaired) electrons. The summed E-state index contributed by atoms with van der Waals surface area (Å²) in [4.78, 5) is 2.40. The highest BCUT2D eigenvalue weighted by Crippen LogP contribution is 2.48. The summed E-state index contributed by atoms with van der Waals surface area (Å²) >= 11 is 0. The number of nitrogens with zero attached hydrogens (tertiary/aromatic N) is 2. The Morgan fingerprint density at radius 2 is 1.00 bits per heavy atom. The molecule has 0 N–H and O–H groups in total. The maximum absolute atomic E-state index is 6.97. The van der Waals surface area contributed by atoms with Gasteiger partial charge in [0.05, 0.1) is 16.7 Å². The van der Waals surface area contributed by atoms with Crippen LogP contribution in [-0.2, 0) is 0 Å². The van der Waals surface area contributed by atoms with Crippen molar-refractivity contribution in [1.29, 1.82) is 0 Å². The number of para-hydroxylation sites is 4. The minimum atomic E-state index is 0.847. The van der Waals surface area contributed by atoms with Crippen molar-refractivity contribution >= 4 is 93.5 Å². The molecular formula is C58H36N2O2. The van der Waals surface area contributed by atoms with Gasteiger partial charge in [0.1, 0.15) is 22.3 Å². The SMILES string of the molecule is c1cc(-c2cccc3oc4ccccc4c23)cc(N(c2ccc3ccccc3c2)c2ccc3c(oc4ccccc43)c2-c2cccc(-n3c4ccccc4c4ccccc43)c2)c1. The van der Waals surface area contributed by atoms with Gasteiger partial charge in [-0.3, -0.25) is 0 Å². The largest absolute Gasteiger partial charge is 0.456 e. The van der Waals surface area contributed by atoms with E-state index in [2.05, 4.69) is 210 Å². The molecule has 13 rings (SSSR count). The Hall–Kier alpha value is -8.34. The zero-order valence-electron chi connectivity index (χ0n) is 33.5. The number of hydrogen-bond donors (Lipinski definition) is 0. The zero-order valence-corrected chi connectivity index (χ0v) is 33.5. The average molecular weight is 793 g/mol. The van der Waals surface area contributed by atoms with Crippen LogP contribution in [0.1, 0.15) is 0 Å². The van der Waals surface area contributed by atoms with Crippen molar-refractivity contribution in [2.45, 2.75) is 0 Å². The zero-order chi connectivity index (χ0) is 40.7. The lowest BCUT2D eigenvalue weighted by molar-refractivity contribution is 0.669. The molecule has 4 nitrogen and oxygen atoms in total. The molecule has 0 aliphatic rings. The molecule has 10 aromatic carbocycles. The number of furan rings is 2. The van der Waals surface area contributed by atoms with Gasteiger partial charge in [-0.2, -0.15) is 0 Å². The standard InChI is InChI=1S/C58H36N2O2/c1-2-15-38-34-43(31-30-37(38)14-1)59(41-18-11-16-39(35-41)44-24-13-29-55-57(44)49-23-6-10-28-54(49)61-55)52-33-32-48-47-22-5-9-27-53(47)62-58(48)56(52)40-17-12-19-42(36-40)60-50-25-7-3-20-45(50)46-21-4-8-26-51(46)60/h1-36H. The van der Waals surface area contributed by atoms with Gasteiger partial charge in [0, 0.05) is 54.9 Å². The van der Waals surface area contributed by atoms with Crippen LogP contribution < -0.4 is 4.90 Å². The molecule has 0 bridgehead atoms. The van der Waals surface area contributed by atoms with Crippen molar-refractivity contribution in [1.82, 2.24) is 4.57 Å². The molecule has 0 saturated carbocycles. The third-order valence-electron chi connectivity index (χ3n) is 12.5. The highest BCUT2D eigenvalue weighted by molar-refractivity contribution is 6.15. The van der Waals surface area contributed by atoms with E-state index in [4.69, 9.17) is 8.83 Å². The van der Waals surface area contributed by atoms with E-state index >= 15 is 0 Å². The smallest absolute Gasteiger partial charge is 0.145 e. The second-order valence-corrected chi connectivity index (χ2v) is 16.0. The summed E-state index contributed by atoms with van der Waals surface area (Å²) in [6.45, 7) is 0. The van der Waals surface area contributed by atoms with Crippen LogP contribution in [0.25, 0.3) is 104 Å². The fourth-order valence-corrected chi connectivity index (χ4v) is 9.82. The molecule has 62 heavy (non-hydrogen) atoms. The Morgan fingerprint density at radius 3 is 1.82 bits per heavy atom. The summed E-state index contributed by atoms with van der Waals surface area (Å²) in [5.74, 6) is 0. The summed E-state index contributed by atoms with van der Waals surface area (Å²) < 4.78 is 15.7. The maximum atomic E-state index is 6.97. The van der Waals surface area contributed by atoms with Gasteiger partial charge >= 0.3 is 0 Å². The molecule has 3 heterocycles. The summed E-state index contributed by atoms with van der Waals surface area (Å²) in [5, 5.41) is 9.21. The highest BCUT2D eigenvalue weighted by Gasteiger charge is 2.24. The Balaban J connectivity index is 1.09. The molecule has 0 aliphatic carbocycles. The van der Waals surface area contributed by atoms with Crippen LogP contribution >= 0.6 is 0 Å². The molecule has 0 atom stereocenters. The maximum Gasteiger partial charge on any atom is 0.145 e. The first-order valence-electron chi connectivity index (χ1n) is 21.1. The van der Waals surface area contributed by atoms with Gasteiger partial charge in [0.25, 0.3) is 0 Å². The summed E-state index contributed by atoms with van der Waals surface area (Å²) in [7, 11) is 0. The number of anilines is 3. The third kappa shape index (κ3) is 5.27. The van der Waals surface area contributed by atoms with Crippen LogP contribution in [-0.4, -0.2) is 4.57 Å². The normalized spacial score (nSPS) is 11.9. The quantitative estimate of drug-likeness (QED) is 0.168. The topological polar surface area (TPSA) is 34.5 Å². The Bertz CT molecular complexity index is 3850. The van der Waals surface area contributed by atoms with Crippen LogP contribution in [0.15, 0.2) is 227 Å². The first-order chi connectivity index (χ1) is 30.7. The fraction of sp³-hybridized carbons (Fsp3) is 0. The van der Waals surface area contributed by atoms with Crippen molar-refractivity contribution in [2.24, 2.45) is 0 Å². The molecule has 3 aromatic heterocycles. The summed E-state index contributed by atoms with van der Waals surface area (Å²) in [6.07, 6.45) is 0. The van der Waals surface area contributed by atoms with Crippen molar-refractivity contribution in [3.8, 4) is 27.9 Å². The van der Waals surface area contributed by atoms with Gasteiger partial charge in [-0.1, -0.05) is 140 Å². The molecule has 0 spiro atoms. The first-order valence-corrected chi connectivity index (χ1v) is 21.1. The lowest BCUT2D eigenvalue weighted by Gasteiger charge is -2.29. The van der Waals surface area contributed by atoms with E-state index in [0.29, 0.717) is 0 Å². The second-order valence-electron chi connectivity index (χ2n) is 16.0. The Morgan fingerprint density at radius 1 is 0.371 bits per heavy atom. The summed E-state index contributed by atoms with van der Waals surface area (Å²) in [6, 6.07) is 78.1. The van der Waals surface area contributed by atoms with Crippen LogP contribution in [0.5, 0.6) is 0 Å². The second kappa shape index (κ2) is 13.6. The predicted molar refractivity (Wildman–Crippen MR) is 258 cm³/mol. The monoisotopic (exact) mass is 792 g/mol. The van der Waals surface area contributed by atoms with Gasteiger partial charge in [-0.15, -0.1) is 0 Å².